The highest BCUT2D eigenvalue weighted by Gasteiger charge is 2.30. The molecule has 2 amide bonds. The lowest BCUT2D eigenvalue weighted by Crippen LogP contribution is -2.51. The maximum absolute atomic E-state index is 13.6. The van der Waals surface area contributed by atoms with Crippen LogP contribution in [-0.2, 0) is 33.7 Å². The lowest BCUT2D eigenvalue weighted by molar-refractivity contribution is -0.140. The molecule has 3 rings (SSSR count). The minimum atomic E-state index is -0.620. The SMILES string of the molecule is CCOCCCNC(=O)[C@@H](Cc1ccccc1)N(Cc1ccccc1)C(=O)Cc1ccccc1. The van der Waals surface area contributed by atoms with Gasteiger partial charge in [-0.3, -0.25) is 9.59 Å². The van der Waals surface area contributed by atoms with E-state index >= 15 is 0 Å². The van der Waals surface area contributed by atoms with Crippen molar-refractivity contribution in [2.75, 3.05) is 19.8 Å². The molecule has 0 saturated carbocycles. The number of benzene rings is 3. The van der Waals surface area contributed by atoms with Crippen molar-refractivity contribution in [1.82, 2.24) is 10.2 Å². The van der Waals surface area contributed by atoms with E-state index in [1.807, 2.05) is 97.9 Å². The second-order valence-electron chi connectivity index (χ2n) is 8.22. The van der Waals surface area contributed by atoms with Gasteiger partial charge in [0.1, 0.15) is 6.04 Å². The molecule has 0 radical (unpaired) electrons. The largest absolute Gasteiger partial charge is 0.382 e. The fourth-order valence-electron chi connectivity index (χ4n) is 3.85. The van der Waals surface area contributed by atoms with Crippen LogP contribution >= 0.6 is 0 Å². The van der Waals surface area contributed by atoms with Gasteiger partial charge in [0, 0.05) is 32.7 Å². The van der Waals surface area contributed by atoms with Gasteiger partial charge in [-0.1, -0.05) is 91.0 Å². The van der Waals surface area contributed by atoms with Crippen LogP contribution < -0.4 is 5.32 Å². The Morgan fingerprint density at radius 2 is 1.38 bits per heavy atom. The maximum atomic E-state index is 13.6. The topological polar surface area (TPSA) is 58.6 Å². The van der Waals surface area contributed by atoms with Crippen molar-refractivity contribution in [2.45, 2.75) is 38.8 Å². The number of rotatable bonds is 13. The summed E-state index contributed by atoms with van der Waals surface area (Å²) in [5.41, 5.74) is 2.94. The van der Waals surface area contributed by atoms with E-state index in [4.69, 9.17) is 4.74 Å². The third-order valence-corrected chi connectivity index (χ3v) is 5.63. The Balaban J connectivity index is 1.85. The number of amides is 2. The molecule has 34 heavy (non-hydrogen) atoms. The lowest BCUT2D eigenvalue weighted by atomic mass is 10.0. The Bertz CT molecular complexity index is 994. The molecule has 5 heteroatoms. The van der Waals surface area contributed by atoms with Crippen molar-refractivity contribution in [2.24, 2.45) is 0 Å². The Hall–Kier alpha value is -3.44. The Morgan fingerprint density at radius 1 is 0.824 bits per heavy atom. The molecule has 0 aliphatic carbocycles. The number of carbonyl (C=O) groups is 2. The lowest BCUT2D eigenvalue weighted by Gasteiger charge is -2.31. The van der Waals surface area contributed by atoms with Gasteiger partial charge in [0.25, 0.3) is 0 Å². The molecule has 0 unspecified atom stereocenters. The molecular formula is C29H34N2O3. The zero-order valence-corrected chi connectivity index (χ0v) is 19.9. The van der Waals surface area contributed by atoms with E-state index in [1.54, 1.807) is 4.90 Å². The molecule has 0 aliphatic heterocycles. The van der Waals surface area contributed by atoms with E-state index in [1.165, 1.54) is 0 Å². The van der Waals surface area contributed by atoms with Gasteiger partial charge in [0.05, 0.1) is 6.42 Å². The van der Waals surface area contributed by atoms with Gasteiger partial charge in [0.15, 0.2) is 0 Å². The number of ether oxygens (including phenoxy) is 1. The highest BCUT2D eigenvalue weighted by molar-refractivity contribution is 5.88. The van der Waals surface area contributed by atoms with Gasteiger partial charge < -0.3 is 15.0 Å². The molecule has 0 fully saturated rings. The molecule has 0 heterocycles. The van der Waals surface area contributed by atoms with Gasteiger partial charge in [-0.15, -0.1) is 0 Å². The Kier molecular flexibility index (Phi) is 10.3. The van der Waals surface area contributed by atoms with Gasteiger partial charge in [0.2, 0.25) is 11.8 Å². The van der Waals surface area contributed by atoms with Gasteiger partial charge in [-0.25, -0.2) is 0 Å². The number of carbonyl (C=O) groups excluding carboxylic acids is 2. The monoisotopic (exact) mass is 458 g/mol. The van der Waals surface area contributed by atoms with Crippen LogP contribution in [0.4, 0.5) is 0 Å². The van der Waals surface area contributed by atoms with E-state index in [0.717, 1.165) is 23.1 Å². The summed E-state index contributed by atoms with van der Waals surface area (Å²) in [5, 5.41) is 3.03. The number of nitrogens with zero attached hydrogens (tertiary/aromatic N) is 1. The predicted octanol–water partition coefficient (Wildman–Crippen LogP) is 4.41. The summed E-state index contributed by atoms with van der Waals surface area (Å²) in [6.45, 7) is 4.09. The number of hydrogen-bond acceptors (Lipinski definition) is 3. The third kappa shape index (κ3) is 8.16. The van der Waals surface area contributed by atoms with Crippen LogP contribution in [-0.4, -0.2) is 42.5 Å². The highest BCUT2D eigenvalue weighted by Crippen LogP contribution is 2.16. The minimum Gasteiger partial charge on any atom is -0.382 e. The molecule has 1 atom stereocenters. The first-order chi connectivity index (χ1) is 16.7. The summed E-state index contributed by atoms with van der Waals surface area (Å²) in [7, 11) is 0. The molecular weight excluding hydrogens is 424 g/mol. The van der Waals surface area contributed by atoms with Crippen molar-refractivity contribution < 1.29 is 14.3 Å². The van der Waals surface area contributed by atoms with Crippen molar-refractivity contribution >= 4 is 11.8 Å². The zero-order chi connectivity index (χ0) is 24.0. The normalized spacial score (nSPS) is 11.6. The van der Waals surface area contributed by atoms with Crippen LogP contribution in [0.3, 0.4) is 0 Å². The predicted molar refractivity (Wildman–Crippen MR) is 135 cm³/mol. The summed E-state index contributed by atoms with van der Waals surface area (Å²) < 4.78 is 5.39. The van der Waals surface area contributed by atoms with Gasteiger partial charge in [-0.05, 0) is 30.0 Å². The maximum Gasteiger partial charge on any atom is 0.243 e. The minimum absolute atomic E-state index is 0.0690. The average Bonchev–Trinajstić information content (AvgIpc) is 2.87. The van der Waals surface area contributed by atoms with Crippen LogP contribution in [0.2, 0.25) is 0 Å². The van der Waals surface area contributed by atoms with Crippen LogP contribution in [0.1, 0.15) is 30.0 Å². The number of hydrogen-bond donors (Lipinski definition) is 1. The van der Waals surface area contributed by atoms with Crippen molar-refractivity contribution in [3.63, 3.8) is 0 Å². The van der Waals surface area contributed by atoms with Crippen molar-refractivity contribution in [1.29, 1.82) is 0 Å². The quantitative estimate of drug-likeness (QED) is 0.386. The zero-order valence-electron chi connectivity index (χ0n) is 19.9. The molecule has 178 valence electrons. The van der Waals surface area contributed by atoms with Gasteiger partial charge in [-0.2, -0.15) is 0 Å². The smallest absolute Gasteiger partial charge is 0.243 e. The van der Waals surface area contributed by atoms with E-state index < -0.39 is 6.04 Å². The summed E-state index contributed by atoms with van der Waals surface area (Å²) in [5.74, 6) is -0.210. The molecule has 3 aromatic carbocycles. The summed E-state index contributed by atoms with van der Waals surface area (Å²) in [6, 6.07) is 28.8. The first-order valence-corrected chi connectivity index (χ1v) is 11.9. The summed E-state index contributed by atoms with van der Waals surface area (Å²) in [6.07, 6.45) is 1.43. The molecule has 0 saturated heterocycles. The molecule has 0 aromatic heterocycles. The highest BCUT2D eigenvalue weighted by atomic mass is 16.5. The van der Waals surface area contributed by atoms with Crippen molar-refractivity contribution in [3.8, 4) is 0 Å². The third-order valence-electron chi connectivity index (χ3n) is 5.63. The summed E-state index contributed by atoms with van der Waals surface area (Å²) >= 11 is 0. The fraction of sp³-hybridized carbons (Fsp3) is 0.310. The molecule has 0 spiro atoms. The van der Waals surface area contributed by atoms with Crippen LogP contribution in [0.25, 0.3) is 0 Å². The van der Waals surface area contributed by atoms with Crippen LogP contribution in [0.5, 0.6) is 0 Å². The second kappa shape index (κ2) is 14.0. The number of nitrogens with one attached hydrogen (secondary N) is 1. The molecule has 3 aromatic rings. The second-order valence-corrected chi connectivity index (χ2v) is 8.22. The molecule has 5 nitrogen and oxygen atoms in total. The van der Waals surface area contributed by atoms with E-state index in [9.17, 15) is 9.59 Å². The molecule has 1 N–H and O–H groups in total. The van der Waals surface area contributed by atoms with E-state index in [-0.39, 0.29) is 18.2 Å². The Morgan fingerprint density at radius 3 is 1.97 bits per heavy atom. The van der Waals surface area contributed by atoms with Crippen LogP contribution in [0.15, 0.2) is 91.0 Å². The Labute approximate surface area is 202 Å². The van der Waals surface area contributed by atoms with Gasteiger partial charge >= 0.3 is 0 Å². The standard InChI is InChI=1S/C29H34N2O3/c1-2-34-20-12-19-30-29(33)27(21-24-13-6-3-7-14-24)31(23-26-17-10-5-11-18-26)28(32)22-25-15-8-4-9-16-25/h3-11,13-18,27H,2,12,19-23H2,1H3,(H,30,33)/t27-/m1/s1. The first kappa shape index (κ1) is 25.2. The first-order valence-electron chi connectivity index (χ1n) is 11.9. The van der Waals surface area contributed by atoms with E-state index in [2.05, 4.69) is 5.32 Å². The van der Waals surface area contributed by atoms with Crippen molar-refractivity contribution in [3.05, 3.63) is 108 Å². The summed E-state index contributed by atoms with van der Waals surface area (Å²) in [4.78, 5) is 28.7. The molecule has 0 bridgehead atoms. The average molecular weight is 459 g/mol. The van der Waals surface area contributed by atoms with Crippen LogP contribution in [0, 0.1) is 0 Å². The molecule has 0 aliphatic rings. The fourth-order valence-corrected chi connectivity index (χ4v) is 3.85. The van der Waals surface area contributed by atoms with E-state index in [0.29, 0.717) is 32.7 Å².